The maximum atomic E-state index is 6.46. The molecule has 1 heterocycles. The maximum Gasteiger partial charge on any atom is 0.160 e. The van der Waals surface area contributed by atoms with E-state index in [4.69, 9.17) is 9.47 Å². The summed E-state index contributed by atoms with van der Waals surface area (Å²) in [6, 6.07) is 20.7. The minimum atomic E-state index is -0.611. The highest BCUT2D eigenvalue weighted by Gasteiger charge is 2.33. The van der Waals surface area contributed by atoms with Crippen molar-refractivity contribution in [2.45, 2.75) is 49.4 Å². The molecule has 0 radical (unpaired) electrons. The highest BCUT2D eigenvalue weighted by atomic mass is 32.2. The van der Waals surface area contributed by atoms with Gasteiger partial charge in [-0.2, -0.15) is 0 Å². The van der Waals surface area contributed by atoms with E-state index in [1.807, 2.05) is 24.3 Å². The fourth-order valence-corrected chi connectivity index (χ4v) is 3.76. The predicted octanol–water partition coefficient (Wildman–Crippen LogP) is 5.63. The largest absolute Gasteiger partial charge is 0.353 e. The van der Waals surface area contributed by atoms with Crippen molar-refractivity contribution in [1.29, 1.82) is 0 Å². The molecule has 1 fully saturated rings. The van der Waals surface area contributed by atoms with E-state index >= 15 is 0 Å². The lowest BCUT2D eigenvalue weighted by Crippen LogP contribution is -2.35. The summed E-state index contributed by atoms with van der Waals surface area (Å²) in [7, 11) is 0. The second kappa shape index (κ2) is 9.83. The van der Waals surface area contributed by atoms with E-state index in [2.05, 4.69) is 55.2 Å². The summed E-state index contributed by atoms with van der Waals surface area (Å²) in [5.41, 5.74) is 0.495. The third-order valence-electron chi connectivity index (χ3n) is 4.55. The van der Waals surface area contributed by atoms with Gasteiger partial charge in [0.2, 0.25) is 0 Å². The van der Waals surface area contributed by atoms with Crippen LogP contribution >= 0.6 is 11.8 Å². The minimum absolute atomic E-state index is 0.167. The van der Waals surface area contributed by atoms with E-state index in [9.17, 15) is 0 Å². The number of hydrogen-bond acceptors (Lipinski definition) is 3. The van der Waals surface area contributed by atoms with Crippen molar-refractivity contribution in [1.82, 2.24) is 0 Å². The molecule has 0 amide bonds. The monoisotopic (exact) mass is 366 g/mol. The Balaban J connectivity index is 1.77. The molecule has 0 saturated carbocycles. The highest BCUT2D eigenvalue weighted by molar-refractivity contribution is 7.99. The van der Waals surface area contributed by atoms with E-state index in [0.717, 1.165) is 43.6 Å². The summed E-state index contributed by atoms with van der Waals surface area (Å²) < 4.78 is 12.3. The van der Waals surface area contributed by atoms with Gasteiger partial charge in [0, 0.05) is 11.5 Å². The van der Waals surface area contributed by atoms with Gasteiger partial charge in [0.15, 0.2) is 11.9 Å². The van der Waals surface area contributed by atoms with Crippen molar-refractivity contribution < 1.29 is 9.47 Å². The molecule has 136 valence electrons. The molecule has 1 saturated heterocycles. The van der Waals surface area contributed by atoms with E-state index in [-0.39, 0.29) is 6.29 Å². The fraction of sp³-hybridized carbons (Fsp3) is 0.391. The molecule has 0 spiro atoms. The fourth-order valence-electron chi connectivity index (χ4n) is 3.10. The Morgan fingerprint density at radius 2 is 1.81 bits per heavy atom. The van der Waals surface area contributed by atoms with Crippen LogP contribution in [0.4, 0.5) is 0 Å². The molecule has 2 aromatic rings. The zero-order valence-corrected chi connectivity index (χ0v) is 16.1. The minimum Gasteiger partial charge on any atom is -0.353 e. The first-order valence-corrected chi connectivity index (χ1v) is 10.3. The van der Waals surface area contributed by atoms with Gasteiger partial charge in [-0.15, -0.1) is 11.8 Å². The topological polar surface area (TPSA) is 18.5 Å². The summed E-state index contributed by atoms with van der Waals surface area (Å²) in [6.07, 6.45) is 3.83. The molecule has 0 aromatic heterocycles. The van der Waals surface area contributed by atoms with Gasteiger partial charge < -0.3 is 9.47 Å². The van der Waals surface area contributed by atoms with Gasteiger partial charge in [0.1, 0.15) is 0 Å². The average Bonchev–Trinajstić information content (AvgIpc) is 2.72. The number of hydrogen-bond donors (Lipinski definition) is 0. The van der Waals surface area contributed by atoms with Crippen LogP contribution in [0.25, 0.3) is 0 Å². The molecule has 1 aliphatic rings. The molecule has 26 heavy (non-hydrogen) atoms. The quantitative estimate of drug-likeness (QED) is 0.487. The number of thioether (sulfide) groups is 1. The third kappa shape index (κ3) is 5.14. The van der Waals surface area contributed by atoms with Crippen LogP contribution in [-0.2, 0) is 15.1 Å². The van der Waals surface area contributed by atoms with Crippen molar-refractivity contribution >= 4 is 11.8 Å². The van der Waals surface area contributed by atoms with Crippen LogP contribution in [0.15, 0.2) is 65.6 Å². The van der Waals surface area contributed by atoms with Crippen molar-refractivity contribution in [2.75, 3.05) is 12.4 Å². The molecule has 2 unspecified atom stereocenters. The summed E-state index contributed by atoms with van der Waals surface area (Å²) in [4.78, 5) is 1.24. The molecular formula is C23H26O2S. The van der Waals surface area contributed by atoms with Gasteiger partial charge in [0.25, 0.3) is 0 Å². The molecular weight excluding hydrogens is 340 g/mol. The Labute approximate surface area is 161 Å². The van der Waals surface area contributed by atoms with Crippen LogP contribution in [-0.4, -0.2) is 18.6 Å². The number of benzene rings is 2. The van der Waals surface area contributed by atoms with Gasteiger partial charge in [-0.1, -0.05) is 67.3 Å². The van der Waals surface area contributed by atoms with Crippen molar-refractivity contribution in [3.63, 3.8) is 0 Å². The van der Waals surface area contributed by atoms with E-state index in [1.165, 1.54) is 4.90 Å². The zero-order valence-electron chi connectivity index (χ0n) is 15.3. The lowest BCUT2D eigenvalue weighted by atomic mass is 9.91. The molecule has 0 aliphatic carbocycles. The molecule has 0 bridgehead atoms. The Morgan fingerprint density at radius 3 is 2.46 bits per heavy atom. The first-order chi connectivity index (χ1) is 12.8. The van der Waals surface area contributed by atoms with Crippen LogP contribution in [0, 0.1) is 11.8 Å². The molecule has 3 heteroatoms. The maximum absolute atomic E-state index is 6.46. The van der Waals surface area contributed by atoms with Crippen molar-refractivity contribution in [3.8, 4) is 11.8 Å². The van der Waals surface area contributed by atoms with Crippen molar-refractivity contribution in [2.24, 2.45) is 0 Å². The average molecular weight is 367 g/mol. The van der Waals surface area contributed by atoms with E-state index in [1.54, 1.807) is 11.8 Å². The smallest absolute Gasteiger partial charge is 0.160 e. The summed E-state index contributed by atoms with van der Waals surface area (Å²) >= 11 is 1.75. The molecule has 0 N–H and O–H groups in total. The second-order valence-corrected chi connectivity index (χ2v) is 7.41. The van der Waals surface area contributed by atoms with Gasteiger partial charge >= 0.3 is 0 Å². The van der Waals surface area contributed by atoms with Gasteiger partial charge in [-0.25, -0.2) is 0 Å². The molecule has 2 atom stereocenters. The second-order valence-electron chi connectivity index (χ2n) is 6.36. The van der Waals surface area contributed by atoms with Crippen LogP contribution in [0.3, 0.4) is 0 Å². The Bertz CT molecular complexity index is 714. The lowest BCUT2D eigenvalue weighted by molar-refractivity contribution is -0.212. The van der Waals surface area contributed by atoms with Crippen LogP contribution in [0.5, 0.6) is 0 Å². The van der Waals surface area contributed by atoms with Gasteiger partial charge in [0.05, 0.1) is 5.75 Å². The Kier molecular flexibility index (Phi) is 7.20. The molecule has 1 aliphatic heterocycles. The third-order valence-corrected chi connectivity index (χ3v) is 5.45. The summed E-state index contributed by atoms with van der Waals surface area (Å²) in [5, 5.41) is 0. The molecule has 3 rings (SSSR count). The SMILES string of the molecule is CCC(C#CCSc1ccccc1)(OC1CCCCO1)c1ccccc1. The highest BCUT2D eigenvalue weighted by Crippen LogP contribution is 2.33. The normalized spacial score (nSPS) is 19.2. The van der Waals surface area contributed by atoms with Crippen LogP contribution in [0.1, 0.15) is 38.2 Å². The standard InChI is InChI=1S/C23H26O2S/c1-2-23(20-12-5-3-6-13-20,25-22-16-9-10-18-24-22)17-11-19-26-21-14-7-4-8-15-21/h3-8,12-15,22H,2,9-10,16,18-19H2,1H3. The lowest BCUT2D eigenvalue weighted by Gasteiger charge is -2.34. The van der Waals surface area contributed by atoms with E-state index in [0.29, 0.717) is 0 Å². The van der Waals surface area contributed by atoms with Gasteiger partial charge in [-0.05, 0) is 43.4 Å². The van der Waals surface area contributed by atoms with Crippen molar-refractivity contribution in [3.05, 3.63) is 66.2 Å². The Hall–Kier alpha value is -1.73. The predicted molar refractivity (Wildman–Crippen MR) is 108 cm³/mol. The zero-order chi connectivity index (χ0) is 18.1. The first kappa shape index (κ1) is 19.0. The van der Waals surface area contributed by atoms with Gasteiger partial charge in [-0.3, -0.25) is 0 Å². The number of rotatable bonds is 6. The van der Waals surface area contributed by atoms with E-state index < -0.39 is 5.60 Å². The number of ether oxygens (including phenoxy) is 2. The van der Waals surface area contributed by atoms with Crippen LogP contribution in [0.2, 0.25) is 0 Å². The molecule has 2 nitrogen and oxygen atoms in total. The van der Waals surface area contributed by atoms with Crippen LogP contribution < -0.4 is 0 Å². The molecule has 2 aromatic carbocycles. The Morgan fingerprint density at radius 1 is 1.08 bits per heavy atom. The summed E-state index contributed by atoms with van der Waals surface area (Å²) in [5.74, 6) is 7.53. The first-order valence-electron chi connectivity index (χ1n) is 9.35. The summed E-state index contributed by atoms with van der Waals surface area (Å²) in [6.45, 7) is 2.91.